The topological polar surface area (TPSA) is 39.1 Å². The zero-order valence-corrected chi connectivity index (χ0v) is 11.9. The largest absolute Gasteiger partial charge is 0.315 e. The molecule has 1 heterocycles. The predicted octanol–water partition coefficient (Wildman–Crippen LogP) is 2.20. The molecule has 0 aromatic heterocycles. The molecule has 5 heteroatoms. The highest BCUT2D eigenvalue weighted by atomic mass is 35.5. The SMILES string of the molecule is Cl.Cl.N#Cc1cccc(CN2CCCNCC2)c1. The highest BCUT2D eigenvalue weighted by Crippen LogP contribution is 2.08. The van der Waals surface area contributed by atoms with Crippen LogP contribution in [0.25, 0.3) is 0 Å². The molecule has 1 aliphatic heterocycles. The van der Waals surface area contributed by atoms with Gasteiger partial charge in [-0.05, 0) is 37.2 Å². The lowest BCUT2D eigenvalue weighted by Crippen LogP contribution is -2.27. The van der Waals surface area contributed by atoms with Gasteiger partial charge in [0.25, 0.3) is 0 Å². The second-order valence-electron chi connectivity index (χ2n) is 4.19. The van der Waals surface area contributed by atoms with Crippen molar-refractivity contribution in [2.24, 2.45) is 0 Å². The molecule has 100 valence electrons. The molecule has 1 aliphatic rings. The summed E-state index contributed by atoms with van der Waals surface area (Å²) in [5.41, 5.74) is 1.99. The summed E-state index contributed by atoms with van der Waals surface area (Å²) in [6.07, 6.45) is 1.21. The van der Waals surface area contributed by atoms with Crippen molar-refractivity contribution in [3.05, 3.63) is 35.4 Å². The van der Waals surface area contributed by atoms with Crippen molar-refractivity contribution in [2.75, 3.05) is 26.2 Å². The Morgan fingerprint density at radius 2 is 2.06 bits per heavy atom. The highest BCUT2D eigenvalue weighted by Gasteiger charge is 2.08. The highest BCUT2D eigenvalue weighted by molar-refractivity contribution is 5.85. The molecular weight excluding hydrogens is 269 g/mol. The number of nitriles is 1. The molecule has 0 spiro atoms. The molecule has 1 N–H and O–H groups in total. The van der Waals surface area contributed by atoms with Crippen LogP contribution in [-0.2, 0) is 6.54 Å². The van der Waals surface area contributed by atoms with E-state index in [2.05, 4.69) is 22.4 Å². The Labute approximate surface area is 121 Å². The molecule has 1 aromatic carbocycles. The summed E-state index contributed by atoms with van der Waals surface area (Å²) >= 11 is 0. The Kier molecular flexibility index (Phi) is 8.78. The third-order valence-electron chi connectivity index (χ3n) is 2.89. The van der Waals surface area contributed by atoms with Gasteiger partial charge in [0.1, 0.15) is 0 Å². The van der Waals surface area contributed by atoms with Gasteiger partial charge in [-0.15, -0.1) is 24.8 Å². The summed E-state index contributed by atoms with van der Waals surface area (Å²) in [5, 5.41) is 12.2. The molecule has 2 rings (SSSR count). The quantitative estimate of drug-likeness (QED) is 0.906. The zero-order valence-electron chi connectivity index (χ0n) is 10.3. The van der Waals surface area contributed by atoms with Gasteiger partial charge in [0.15, 0.2) is 0 Å². The lowest BCUT2D eigenvalue weighted by molar-refractivity contribution is 0.284. The minimum Gasteiger partial charge on any atom is -0.315 e. The Hall–Kier alpha value is -0.790. The van der Waals surface area contributed by atoms with Crippen molar-refractivity contribution in [1.29, 1.82) is 5.26 Å². The van der Waals surface area contributed by atoms with Crippen molar-refractivity contribution in [2.45, 2.75) is 13.0 Å². The maximum absolute atomic E-state index is 8.84. The fourth-order valence-corrected chi connectivity index (χ4v) is 2.06. The Morgan fingerprint density at radius 3 is 2.83 bits per heavy atom. The summed E-state index contributed by atoms with van der Waals surface area (Å²) in [5.74, 6) is 0. The lowest BCUT2D eigenvalue weighted by Gasteiger charge is -2.19. The van der Waals surface area contributed by atoms with E-state index in [4.69, 9.17) is 5.26 Å². The van der Waals surface area contributed by atoms with Crippen LogP contribution in [0.3, 0.4) is 0 Å². The van der Waals surface area contributed by atoms with Crippen molar-refractivity contribution in [3.63, 3.8) is 0 Å². The smallest absolute Gasteiger partial charge is 0.0991 e. The van der Waals surface area contributed by atoms with Gasteiger partial charge in [0.05, 0.1) is 11.6 Å². The minimum atomic E-state index is 0. The zero-order chi connectivity index (χ0) is 11.2. The van der Waals surface area contributed by atoms with Crippen LogP contribution in [0.4, 0.5) is 0 Å². The molecule has 1 aromatic rings. The van der Waals surface area contributed by atoms with Crippen LogP contribution in [0.1, 0.15) is 17.5 Å². The molecule has 0 bridgehead atoms. The fourth-order valence-electron chi connectivity index (χ4n) is 2.06. The number of rotatable bonds is 2. The predicted molar refractivity (Wildman–Crippen MR) is 78.4 cm³/mol. The summed E-state index contributed by atoms with van der Waals surface area (Å²) in [7, 11) is 0. The molecule has 3 nitrogen and oxygen atoms in total. The van der Waals surface area contributed by atoms with Crippen LogP contribution in [0.15, 0.2) is 24.3 Å². The molecule has 1 saturated heterocycles. The van der Waals surface area contributed by atoms with Crippen molar-refractivity contribution in [3.8, 4) is 6.07 Å². The van der Waals surface area contributed by atoms with E-state index in [1.165, 1.54) is 12.0 Å². The molecule has 1 fully saturated rings. The van der Waals surface area contributed by atoms with Gasteiger partial charge in [-0.3, -0.25) is 4.90 Å². The van der Waals surface area contributed by atoms with Crippen LogP contribution < -0.4 is 5.32 Å². The van der Waals surface area contributed by atoms with Crippen molar-refractivity contribution >= 4 is 24.8 Å². The van der Waals surface area contributed by atoms with E-state index in [1.54, 1.807) is 0 Å². The summed E-state index contributed by atoms with van der Waals surface area (Å²) < 4.78 is 0. The fraction of sp³-hybridized carbons (Fsp3) is 0.462. The first-order chi connectivity index (χ1) is 7.88. The van der Waals surface area contributed by atoms with Crippen LogP contribution in [0, 0.1) is 11.3 Å². The van der Waals surface area contributed by atoms with Crippen molar-refractivity contribution in [1.82, 2.24) is 10.2 Å². The normalized spacial score (nSPS) is 15.7. The van der Waals surface area contributed by atoms with Gasteiger partial charge in [0, 0.05) is 19.6 Å². The van der Waals surface area contributed by atoms with Gasteiger partial charge in [-0.25, -0.2) is 0 Å². The number of hydrogen-bond donors (Lipinski definition) is 1. The third kappa shape index (κ3) is 5.24. The first-order valence-corrected chi connectivity index (χ1v) is 5.80. The maximum atomic E-state index is 8.84. The molecule has 0 unspecified atom stereocenters. The second kappa shape index (κ2) is 9.18. The molecule has 0 atom stereocenters. The minimum absolute atomic E-state index is 0. The average Bonchev–Trinajstić information content (AvgIpc) is 2.58. The van der Waals surface area contributed by atoms with Crippen molar-refractivity contribution < 1.29 is 0 Å². The monoisotopic (exact) mass is 287 g/mol. The van der Waals surface area contributed by atoms with E-state index < -0.39 is 0 Å². The average molecular weight is 288 g/mol. The van der Waals surface area contributed by atoms with Crippen LogP contribution in [0.5, 0.6) is 0 Å². The first kappa shape index (κ1) is 17.2. The number of benzene rings is 1. The summed E-state index contributed by atoms with van der Waals surface area (Å²) in [6, 6.07) is 10.1. The number of halogens is 2. The van der Waals surface area contributed by atoms with E-state index in [-0.39, 0.29) is 24.8 Å². The van der Waals surface area contributed by atoms with E-state index in [0.29, 0.717) is 0 Å². The maximum Gasteiger partial charge on any atom is 0.0991 e. The van der Waals surface area contributed by atoms with Crippen LogP contribution >= 0.6 is 24.8 Å². The molecule has 0 aliphatic carbocycles. The third-order valence-corrected chi connectivity index (χ3v) is 2.89. The standard InChI is InChI=1S/C13H17N3.2ClH/c14-10-12-3-1-4-13(9-12)11-16-7-2-5-15-6-8-16;;/h1,3-4,9,15H,2,5-8,11H2;2*1H. The van der Waals surface area contributed by atoms with E-state index >= 15 is 0 Å². The van der Waals surface area contributed by atoms with Gasteiger partial charge in [-0.2, -0.15) is 5.26 Å². The number of hydrogen-bond acceptors (Lipinski definition) is 3. The number of nitrogens with zero attached hydrogens (tertiary/aromatic N) is 2. The van der Waals surface area contributed by atoms with Crippen LogP contribution in [0.2, 0.25) is 0 Å². The number of nitrogens with one attached hydrogen (secondary N) is 1. The Bertz CT molecular complexity index is 382. The Balaban J connectivity index is 0.00000144. The lowest BCUT2D eigenvalue weighted by atomic mass is 10.1. The molecule has 0 saturated carbocycles. The molecular formula is C13H19Cl2N3. The van der Waals surface area contributed by atoms with Crippen LogP contribution in [-0.4, -0.2) is 31.1 Å². The molecule has 0 radical (unpaired) electrons. The molecule has 0 amide bonds. The van der Waals surface area contributed by atoms with Gasteiger partial charge >= 0.3 is 0 Å². The first-order valence-electron chi connectivity index (χ1n) is 5.80. The van der Waals surface area contributed by atoms with Gasteiger partial charge in [0.2, 0.25) is 0 Å². The Morgan fingerprint density at radius 1 is 1.22 bits per heavy atom. The van der Waals surface area contributed by atoms with E-state index in [0.717, 1.165) is 38.3 Å². The second-order valence-corrected chi connectivity index (χ2v) is 4.19. The molecule has 18 heavy (non-hydrogen) atoms. The van der Waals surface area contributed by atoms with E-state index in [1.807, 2.05) is 18.2 Å². The van der Waals surface area contributed by atoms with Gasteiger partial charge < -0.3 is 5.32 Å². The summed E-state index contributed by atoms with van der Waals surface area (Å²) in [4.78, 5) is 2.44. The van der Waals surface area contributed by atoms with E-state index in [9.17, 15) is 0 Å². The summed E-state index contributed by atoms with van der Waals surface area (Å²) in [6.45, 7) is 5.38. The van der Waals surface area contributed by atoms with Gasteiger partial charge in [-0.1, -0.05) is 12.1 Å².